The van der Waals surface area contributed by atoms with Crippen LogP contribution in [0.2, 0.25) is 0 Å². The summed E-state index contributed by atoms with van der Waals surface area (Å²) in [5.74, 6) is 2.31. The molecule has 0 radical (unpaired) electrons. The summed E-state index contributed by atoms with van der Waals surface area (Å²) in [4.78, 5) is 4.30. The van der Waals surface area contributed by atoms with E-state index >= 15 is 0 Å². The Kier molecular flexibility index (Phi) is 3.48. The molecule has 26 heavy (non-hydrogen) atoms. The van der Waals surface area contributed by atoms with Gasteiger partial charge < -0.3 is 14.3 Å². The molecule has 9 nitrogen and oxygen atoms in total. The maximum absolute atomic E-state index is 5.25. The third kappa shape index (κ3) is 2.83. The molecule has 0 spiro atoms. The van der Waals surface area contributed by atoms with E-state index in [-0.39, 0.29) is 0 Å². The Labute approximate surface area is 148 Å². The highest BCUT2D eigenvalue weighted by molar-refractivity contribution is 5.59. The molecule has 3 heterocycles. The van der Waals surface area contributed by atoms with Gasteiger partial charge in [-0.1, -0.05) is 5.16 Å². The Hall–Kier alpha value is -3.49. The fraction of sp³-hybridized carbons (Fsp3) is 0.235. The number of anilines is 1. The van der Waals surface area contributed by atoms with Crippen LogP contribution in [0.15, 0.2) is 51.6 Å². The van der Waals surface area contributed by atoms with Gasteiger partial charge in [0.2, 0.25) is 11.7 Å². The molecule has 1 aliphatic rings. The second kappa shape index (κ2) is 6.10. The van der Waals surface area contributed by atoms with Crippen LogP contribution in [0, 0.1) is 0 Å². The van der Waals surface area contributed by atoms with Crippen molar-refractivity contribution in [3.8, 4) is 23.0 Å². The fourth-order valence-electron chi connectivity index (χ4n) is 2.70. The van der Waals surface area contributed by atoms with Gasteiger partial charge in [-0.05, 0) is 59.7 Å². The number of nitrogens with zero attached hydrogens (tertiary/aromatic N) is 6. The van der Waals surface area contributed by atoms with Crippen molar-refractivity contribution < 1.29 is 8.94 Å². The molecular formula is C17H15N7O2. The van der Waals surface area contributed by atoms with Crippen molar-refractivity contribution in [2.45, 2.75) is 25.4 Å². The molecule has 1 aliphatic carbocycles. The maximum atomic E-state index is 5.25. The molecule has 0 atom stereocenters. The van der Waals surface area contributed by atoms with Crippen LogP contribution < -0.4 is 5.32 Å². The number of rotatable bonds is 6. The summed E-state index contributed by atoms with van der Waals surface area (Å²) in [6, 6.07) is 12.0. The smallest absolute Gasteiger partial charge is 0.246 e. The van der Waals surface area contributed by atoms with Gasteiger partial charge in [-0.15, -0.1) is 5.10 Å². The summed E-state index contributed by atoms with van der Waals surface area (Å²) < 4.78 is 12.4. The molecule has 0 amide bonds. The molecule has 0 unspecified atom stereocenters. The Balaban J connectivity index is 1.26. The lowest BCUT2D eigenvalue weighted by Gasteiger charge is -2.06. The van der Waals surface area contributed by atoms with Crippen molar-refractivity contribution in [3.63, 3.8) is 0 Å². The molecular weight excluding hydrogens is 334 g/mol. The maximum Gasteiger partial charge on any atom is 0.246 e. The molecule has 0 saturated heterocycles. The number of benzene rings is 1. The monoisotopic (exact) mass is 349 g/mol. The number of hydrogen-bond donors (Lipinski definition) is 1. The van der Waals surface area contributed by atoms with Crippen LogP contribution in [0.25, 0.3) is 23.0 Å². The summed E-state index contributed by atoms with van der Waals surface area (Å²) in [6.07, 6.45) is 3.86. The van der Waals surface area contributed by atoms with E-state index in [0.717, 1.165) is 29.9 Å². The van der Waals surface area contributed by atoms with Gasteiger partial charge in [0.15, 0.2) is 11.6 Å². The Morgan fingerprint density at radius 2 is 2.04 bits per heavy atom. The minimum absolute atomic E-state index is 0.423. The highest BCUT2D eigenvalue weighted by Gasteiger charge is 2.28. The first-order chi connectivity index (χ1) is 12.9. The first kappa shape index (κ1) is 14.8. The average Bonchev–Trinajstić information content (AvgIpc) is 3.13. The van der Waals surface area contributed by atoms with E-state index in [1.807, 2.05) is 28.9 Å². The van der Waals surface area contributed by atoms with Crippen LogP contribution in [0.5, 0.6) is 0 Å². The zero-order valence-corrected chi connectivity index (χ0v) is 13.7. The van der Waals surface area contributed by atoms with E-state index in [1.165, 1.54) is 0 Å². The number of nitrogens with one attached hydrogen (secondary N) is 1. The molecule has 1 aromatic carbocycles. The molecule has 0 bridgehead atoms. The molecule has 9 heteroatoms. The first-order valence-corrected chi connectivity index (χ1v) is 8.35. The number of tetrazole rings is 1. The standard InChI is InChI=1S/C17H15N7O2/c1-2-14(25-9-1)16-19-15(26-21-16)10-18-12-5-3-11(4-6-12)17-20-22-23-24(17)13-7-8-13/h1-6,9,13,18H,7-8,10H2. The molecule has 4 aromatic rings. The highest BCUT2D eigenvalue weighted by atomic mass is 16.5. The van der Waals surface area contributed by atoms with Crippen LogP contribution in [-0.4, -0.2) is 30.3 Å². The van der Waals surface area contributed by atoms with E-state index in [9.17, 15) is 0 Å². The molecule has 3 aromatic heterocycles. The SMILES string of the molecule is c1coc(-c2noc(CNc3ccc(-c4nnnn4C4CC4)cc3)n2)c1. The number of furan rings is 1. The zero-order chi connectivity index (χ0) is 17.3. The molecule has 1 fully saturated rings. The lowest BCUT2D eigenvalue weighted by molar-refractivity contribution is 0.382. The zero-order valence-electron chi connectivity index (χ0n) is 13.7. The second-order valence-corrected chi connectivity index (χ2v) is 6.10. The summed E-state index contributed by atoms with van der Waals surface area (Å²) >= 11 is 0. The van der Waals surface area contributed by atoms with E-state index in [2.05, 4.69) is 31.0 Å². The van der Waals surface area contributed by atoms with E-state index in [1.54, 1.807) is 18.4 Å². The summed E-state index contributed by atoms with van der Waals surface area (Å²) in [5.41, 5.74) is 1.93. The number of hydrogen-bond acceptors (Lipinski definition) is 8. The molecule has 5 rings (SSSR count). The molecule has 1 saturated carbocycles. The second-order valence-electron chi connectivity index (χ2n) is 6.10. The molecule has 0 aliphatic heterocycles. The number of aromatic nitrogens is 6. The van der Waals surface area contributed by atoms with Crippen LogP contribution in [0.3, 0.4) is 0 Å². The third-order valence-corrected chi connectivity index (χ3v) is 4.18. The van der Waals surface area contributed by atoms with Crippen molar-refractivity contribution >= 4 is 5.69 Å². The lowest BCUT2D eigenvalue weighted by Crippen LogP contribution is -2.01. The summed E-state index contributed by atoms with van der Waals surface area (Å²) in [7, 11) is 0. The van der Waals surface area contributed by atoms with Gasteiger partial charge in [-0.25, -0.2) is 4.68 Å². The lowest BCUT2D eigenvalue weighted by atomic mass is 10.2. The van der Waals surface area contributed by atoms with Gasteiger partial charge in [0.1, 0.15) is 0 Å². The topological polar surface area (TPSA) is 108 Å². The summed E-state index contributed by atoms with van der Waals surface area (Å²) in [6.45, 7) is 0.423. The Morgan fingerprint density at radius 3 is 2.81 bits per heavy atom. The van der Waals surface area contributed by atoms with Crippen LogP contribution in [-0.2, 0) is 6.54 Å². The van der Waals surface area contributed by atoms with Crippen molar-refractivity contribution in [1.29, 1.82) is 0 Å². The Morgan fingerprint density at radius 1 is 1.15 bits per heavy atom. The van der Waals surface area contributed by atoms with E-state index in [4.69, 9.17) is 8.94 Å². The molecule has 130 valence electrons. The van der Waals surface area contributed by atoms with Crippen molar-refractivity contribution in [3.05, 3.63) is 48.6 Å². The van der Waals surface area contributed by atoms with E-state index in [0.29, 0.717) is 30.1 Å². The minimum atomic E-state index is 0.423. The van der Waals surface area contributed by atoms with Crippen LogP contribution in [0.1, 0.15) is 24.8 Å². The third-order valence-electron chi connectivity index (χ3n) is 4.18. The largest absolute Gasteiger partial charge is 0.461 e. The predicted molar refractivity (Wildman–Crippen MR) is 90.9 cm³/mol. The predicted octanol–water partition coefficient (Wildman–Crippen LogP) is 2.93. The summed E-state index contributed by atoms with van der Waals surface area (Å²) in [5, 5.41) is 19.2. The quantitative estimate of drug-likeness (QED) is 0.566. The van der Waals surface area contributed by atoms with Crippen LogP contribution >= 0.6 is 0 Å². The van der Waals surface area contributed by atoms with Crippen molar-refractivity contribution in [2.24, 2.45) is 0 Å². The minimum Gasteiger partial charge on any atom is -0.461 e. The highest BCUT2D eigenvalue weighted by Crippen LogP contribution is 2.36. The van der Waals surface area contributed by atoms with Gasteiger partial charge in [0, 0.05) is 11.3 Å². The van der Waals surface area contributed by atoms with E-state index < -0.39 is 0 Å². The van der Waals surface area contributed by atoms with Gasteiger partial charge in [0.25, 0.3) is 0 Å². The fourth-order valence-corrected chi connectivity index (χ4v) is 2.70. The van der Waals surface area contributed by atoms with Crippen molar-refractivity contribution in [1.82, 2.24) is 30.3 Å². The van der Waals surface area contributed by atoms with Crippen LogP contribution in [0.4, 0.5) is 5.69 Å². The average molecular weight is 349 g/mol. The van der Waals surface area contributed by atoms with Gasteiger partial charge in [-0.3, -0.25) is 0 Å². The first-order valence-electron chi connectivity index (χ1n) is 8.35. The van der Waals surface area contributed by atoms with Crippen molar-refractivity contribution in [2.75, 3.05) is 5.32 Å². The van der Waals surface area contributed by atoms with Gasteiger partial charge in [-0.2, -0.15) is 4.98 Å². The molecule has 1 N–H and O–H groups in total. The van der Waals surface area contributed by atoms with Gasteiger partial charge >= 0.3 is 0 Å². The normalized spacial score (nSPS) is 13.8. The van der Waals surface area contributed by atoms with Gasteiger partial charge in [0.05, 0.1) is 18.8 Å². The Bertz CT molecular complexity index is 1000.